The standard InChI is InChI=1S/C76H57B2N5O/c1-75(2,3)52-40-68-73-69(41-52)83(62-32-20-17-29-55(62)49-23-11-8-12-24-49)67-46-71-61(45-60(67)77(73)58-30-18-21-33-65(58)81(68)63-37-35-48(47-79)39-56(63)50-25-13-9-14-26-50)78-59-31-19-22-34-66(59)82(70-42-53(76(4,5)6)43-72(84-71)74(70)78)64-38-36-54(80-7)44-57(64)51-27-15-10-16-28-51/h8-46H,1-6H3. The lowest BCUT2D eigenvalue weighted by molar-refractivity contribution is 0.483. The van der Waals surface area contributed by atoms with Gasteiger partial charge in [-0.2, -0.15) is 5.26 Å². The molecule has 0 bridgehead atoms. The molecule has 0 unspecified atom stereocenters. The third kappa shape index (κ3) is 7.93. The molecule has 11 aromatic rings. The molecule has 0 fully saturated rings. The van der Waals surface area contributed by atoms with Crippen molar-refractivity contribution >= 4 is 103 Å². The summed E-state index contributed by atoms with van der Waals surface area (Å²) in [6, 6.07) is 87.6. The van der Waals surface area contributed by atoms with Crippen molar-refractivity contribution in [3.8, 4) is 50.9 Å². The van der Waals surface area contributed by atoms with Crippen LogP contribution in [0.2, 0.25) is 0 Å². The molecule has 0 radical (unpaired) electrons. The van der Waals surface area contributed by atoms with E-state index in [9.17, 15) is 5.26 Å². The molecule has 8 heteroatoms. The minimum Gasteiger partial charge on any atom is -0.458 e. The highest BCUT2D eigenvalue weighted by Crippen LogP contribution is 2.52. The van der Waals surface area contributed by atoms with Gasteiger partial charge in [0.05, 0.1) is 35.3 Å². The Labute approximate surface area is 493 Å². The summed E-state index contributed by atoms with van der Waals surface area (Å²) in [4.78, 5) is 11.4. The first-order valence-corrected chi connectivity index (χ1v) is 29.0. The first-order chi connectivity index (χ1) is 40.9. The molecule has 0 spiro atoms. The number of benzene rings is 11. The van der Waals surface area contributed by atoms with Gasteiger partial charge in [-0.05, 0) is 150 Å². The van der Waals surface area contributed by atoms with E-state index in [0.29, 0.717) is 11.3 Å². The molecule has 0 amide bonds. The molecule has 6 nitrogen and oxygen atoms in total. The molecule has 0 aromatic heterocycles. The van der Waals surface area contributed by atoms with Crippen molar-refractivity contribution in [2.45, 2.75) is 52.4 Å². The van der Waals surface area contributed by atoms with Crippen LogP contribution in [0.5, 0.6) is 11.5 Å². The Balaban J connectivity index is 1.04. The van der Waals surface area contributed by atoms with Gasteiger partial charge in [0.2, 0.25) is 0 Å². The first kappa shape index (κ1) is 50.7. The monoisotopic (exact) mass is 1080 g/mol. The van der Waals surface area contributed by atoms with Crippen LogP contribution in [0.3, 0.4) is 0 Å². The van der Waals surface area contributed by atoms with Crippen LogP contribution in [0, 0.1) is 17.9 Å². The molecule has 84 heavy (non-hydrogen) atoms. The maximum absolute atomic E-state index is 10.4. The molecular formula is C76H57B2N5O. The van der Waals surface area contributed by atoms with Crippen molar-refractivity contribution in [1.29, 1.82) is 5.26 Å². The minimum absolute atomic E-state index is 0.204. The van der Waals surface area contributed by atoms with Gasteiger partial charge < -0.3 is 19.4 Å². The number of rotatable bonds is 6. The quantitative estimate of drug-likeness (QED) is 0.123. The number of anilines is 9. The molecular weight excluding hydrogens is 1020 g/mol. The maximum Gasteiger partial charge on any atom is 0.256 e. The Kier molecular flexibility index (Phi) is 11.6. The van der Waals surface area contributed by atoms with Crippen LogP contribution in [0.1, 0.15) is 58.2 Å². The molecule has 4 aliphatic rings. The normalized spacial score (nSPS) is 13.3. The number of fused-ring (bicyclic) bond motifs is 8. The highest BCUT2D eigenvalue weighted by atomic mass is 16.5. The molecule has 4 aliphatic heterocycles. The minimum atomic E-state index is -0.254. The molecule has 0 aliphatic carbocycles. The van der Waals surface area contributed by atoms with Gasteiger partial charge in [-0.15, -0.1) is 0 Å². The van der Waals surface area contributed by atoms with Crippen molar-refractivity contribution in [1.82, 2.24) is 0 Å². The Bertz CT molecular complexity index is 4610. The molecule has 4 heterocycles. The summed E-state index contributed by atoms with van der Waals surface area (Å²) in [5.74, 6) is 1.67. The third-order valence-electron chi connectivity index (χ3n) is 17.6. The summed E-state index contributed by atoms with van der Waals surface area (Å²) in [5.41, 5.74) is 25.9. The lowest BCUT2D eigenvalue weighted by Gasteiger charge is -2.46. The Morgan fingerprint density at radius 3 is 1.39 bits per heavy atom. The fourth-order valence-corrected chi connectivity index (χ4v) is 13.6. The van der Waals surface area contributed by atoms with Gasteiger partial charge >= 0.3 is 0 Å². The van der Waals surface area contributed by atoms with Crippen molar-refractivity contribution < 1.29 is 4.74 Å². The predicted octanol–water partition coefficient (Wildman–Crippen LogP) is 16.2. The molecule has 0 saturated heterocycles. The van der Waals surface area contributed by atoms with E-state index in [1.807, 2.05) is 36.4 Å². The summed E-state index contributed by atoms with van der Waals surface area (Å²) < 4.78 is 7.64. The zero-order chi connectivity index (χ0) is 57.2. The van der Waals surface area contributed by atoms with Crippen LogP contribution in [-0.2, 0) is 10.8 Å². The van der Waals surface area contributed by atoms with E-state index in [2.05, 4.69) is 267 Å². The topological polar surface area (TPSA) is 47.1 Å². The second-order valence-electron chi connectivity index (χ2n) is 24.6. The van der Waals surface area contributed by atoms with Crippen molar-refractivity contribution in [2.24, 2.45) is 0 Å². The van der Waals surface area contributed by atoms with Crippen molar-refractivity contribution in [2.75, 3.05) is 14.7 Å². The average molecular weight is 1080 g/mol. The summed E-state index contributed by atoms with van der Waals surface area (Å²) >= 11 is 0. The van der Waals surface area contributed by atoms with Gasteiger partial charge in [-0.1, -0.05) is 199 Å². The van der Waals surface area contributed by atoms with Gasteiger partial charge in [0, 0.05) is 51.3 Å². The first-order valence-electron chi connectivity index (χ1n) is 29.0. The zero-order valence-corrected chi connectivity index (χ0v) is 47.8. The molecule has 0 saturated carbocycles. The highest BCUT2D eigenvalue weighted by Gasteiger charge is 2.49. The van der Waals surface area contributed by atoms with Gasteiger partial charge in [0.15, 0.2) is 5.69 Å². The third-order valence-corrected chi connectivity index (χ3v) is 17.6. The number of ether oxygens (including phenoxy) is 1. The van der Waals surface area contributed by atoms with Crippen LogP contribution < -0.4 is 52.2 Å². The van der Waals surface area contributed by atoms with Crippen LogP contribution in [-0.4, -0.2) is 13.4 Å². The van der Waals surface area contributed by atoms with Crippen LogP contribution in [0.4, 0.5) is 56.9 Å². The Morgan fingerprint density at radius 1 is 0.381 bits per heavy atom. The van der Waals surface area contributed by atoms with Gasteiger partial charge in [0.1, 0.15) is 11.5 Å². The fraction of sp³-hybridized carbons (Fsp3) is 0.105. The summed E-state index contributed by atoms with van der Waals surface area (Å²) in [5, 5.41) is 10.4. The van der Waals surface area contributed by atoms with E-state index in [4.69, 9.17) is 11.3 Å². The second kappa shape index (κ2) is 19.2. The van der Waals surface area contributed by atoms with E-state index in [-0.39, 0.29) is 24.3 Å². The second-order valence-corrected chi connectivity index (χ2v) is 24.6. The lowest BCUT2D eigenvalue weighted by atomic mass is 9.30. The van der Waals surface area contributed by atoms with Crippen LogP contribution in [0.15, 0.2) is 237 Å². The predicted molar refractivity (Wildman–Crippen MR) is 351 cm³/mol. The molecule has 15 rings (SSSR count). The molecule has 398 valence electrons. The Hall–Kier alpha value is -10.3. The smallest absolute Gasteiger partial charge is 0.256 e. The lowest BCUT2D eigenvalue weighted by Crippen LogP contribution is -2.64. The summed E-state index contributed by atoms with van der Waals surface area (Å²) in [6.07, 6.45) is 0. The number of hydrogen-bond acceptors (Lipinski definition) is 5. The number of nitriles is 1. The van der Waals surface area contributed by atoms with E-state index in [1.165, 1.54) is 27.4 Å². The maximum atomic E-state index is 10.4. The summed E-state index contributed by atoms with van der Waals surface area (Å²) in [6.45, 7) is 21.5. The van der Waals surface area contributed by atoms with Gasteiger partial charge in [0.25, 0.3) is 13.4 Å². The van der Waals surface area contributed by atoms with Crippen molar-refractivity contribution in [3.05, 3.63) is 265 Å². The van der Waals surface area contributed by atoms with E-state index < -0.39 is 0 Å². The fourth-order valence-electron chi connectivity index (χ4n) is 13.6. The highest BCUT2D eigenvalue weighted by molar-refractivity contribution is 7.02. The zero-order valence-electron chi connectivity index (χ0n) is 47.8. The molecule has 0 atom stereocenters. The van der Waals surface area contributed by atoms with Gasteiger partial charge in [-0.25, -0.2) is 4.85 Å². The van der Waals surface area contributed by atoms with Crippen LogP contribution in [0.25, 0.3) is 38.2 Å². The number of para-hydroxylation sites is 3. The van der Waals surface area contributed by atoms with Crippen LogP contribution >= 0.6 is 0 Å². The molecule has 11 aromatic carbocycles. The summed E-state index contributed by atoms with van der Waals surface area (Å²) in [7, 11) is 0. The van der Waals surface area contributed by atoms with E-state index in [1.54, 1.807) is 0 Å². The average Bonchev–Trinajstić information content (AvgIpc) is 0.785. The molecule has 0 N–H and O–H groups in total. The van der Waals surface area contributed by atoms with Crippen molar-refractivity contribution in [3.63, 3.8) is 0 Å². The van der Waals surface area contributed by atoms with Gasteiger partial charge in [-0.3, -0.25) is 0 Å². The Morgan fingerprint density at radius 2 is 0.833 bits per heavy atom. The number of hydrogen-bond donors (Lipinski definition) is 0. The largest absolute Gasteiger partial charge is 0.458 e. The number of nitrogens with zero attached hydrogens (tertiary/aromatic N) is 5. The van der Waals surface area contributed by atoms with E-state index in [0.717, 1.165) is 113 Å². The van der Waals surface area contributed by atoms with E-state index >= 15 is 0 Å². The SMILES string of the molecule is [C-]#[N+]c1ccc(N2c3ccccc3B3c4cc5c(cc4Oc4cc(C(C)(C)C)cc2c43)N(c2ccccc2-c2ccccc2)c2cc(C(C)(C)C)cc3c2B5c2ccccc2N3c2ccc(C#N)cc2-c2ccccc2)c(-c2ccccc2)c1.